The third-order valence-corrected chi connectivity index (χ3v) is 2.73. The van der Waals surface area contributed by atoms with Gasteiger partial charge in [-0.2, -0.15) is 0 Å². The number of nitrogens with one attached hydrogen (secondary N) is 1. The molecule has 1 N–H and O–H groups in total. The zero-order valence-corrected chi connectivity index (χ0v) is 11.8. The summed E-state index contributed by atoms with van der Waals surface area (Å²) < 4.78 is 12.1. The van der Waals surface area contributed by atoms with E-state index in [0.717, 1.165) is 5.56 Å². The Morgan fingerprint density at radius 1 is 1.41 bits per heavy atom. The summed E-state index contributed by atoms with van der Waals surface area (Å²) in [5.41, 5.74) is 1.01. The first-order valence-corrected chi connectivity index (χ1v) is 6.32. The monoisotopic (exact) mass is 301 g/mol. The second kappa shape index (κ2) is 5.63. The minimum atomic E-state index is -0.565. The topological polar surface area (TPSA) is 29.1 Å². The van der Waals surface area contributed by atoms with E-state index in [-0.39, 0.29) is 17.8 Å². The quantitative estimate of drug-likeness (QED) is 0.851. The maximum Gasteiger partial charge on any atom is 0.236 e. The van der Waals surface area contributed by atoms with Crippen LogP contribution in [0.2, 0.25) is 0 Å². The van der Waals surface area contributed by atoms with Crippen molar-refractivity contribution in [2.24, 2.45) is 0 Å². The van der Waals surface area contributed by atoms with E-state index in [2.05, 4.69) is 21.2 Å². The maximum atomic E-state index is 12.7. The van der Waals surface area contributed by atoms with E-state index in [1.807, 2.05) is 6.92 Å². The lowest BCUT2D eigenvalue weighted by Crippen LogP contribution is -2.43. The largest absolute Gasteiger partial charge is 0.352 e. The van der Waals surface area contributed by atoms with Crippen molar-refractivity contribution in [3.8, 4) is 0 Å². The minimum Gasteiger partial charge on any atom is -0.352 e. The van der Waals surface area contributed by atoms with Crippen LogP contribution in [0.25, 0.3) is 0 Å². The molecule has 0 aliphatic heterocycles. The molecule has 0 fully saturated rings. The molecule has 1 unspecified atom stereocenters. The van der Waals surface area contributed by atoms with Crippen molar-refractivity contribution in [3.05, 3.63) is 35.6 Å². The molecule has 0 heterocycles. The third kappa shape index (κ3) is 4.86. The first-order valence-electron chi connectivity index (χ1n) is 5.53. The predicted molar refractivity (Wildman–Crippen MR) is 70.7 cm³/mol. The highest BCUT2D eigenvalue weighted by Gasteiger charge is 2.24. The van der Waals surface area contributed by atoms with E-state index < -0.39 is 4.32 Å². The molecule has 0 aromatic heterocycles. The van der Waals surface area contributed by atoms with Crippen molar-refractivity contribution in [1.29, 1.82) is 0 Å². The van der Waals surface area contributed by atoms with Crippen molar-refractivity contribution in [3.63, 3.8) is 0 Å². The average molecular weight is 302 g/mol. The lowest BCUT2D eigenvalue weighted by Gasteiger charge is -2.20. The summed E-state index contributed by atoms with van der Waals surface area (Å²) in [6.45, 7) is 5.53. The molecule has 2 nitrogen and oxygen atoms in total. The zero-order valence-electron chi connectivity index (χ0n) is 10.3. The molecule has 94 valence electrons. The van der Waals surface area contributed by atoms with Crippen molar-refractivity contribution >= 4 is 21.8 Å². The van der Waals surface area contributed by atoms with Gasteiger partial charge in [-0.25, -0.2) is 4.39 Å². The molecular weight excluding hydrogens is 285 g/mol. The molecule has 1 rings (SSSR count). The van der Waals surface area contributed by atoms with Gasteiger partial charge in [0, 0.05) is 6.04 Å². The third-order valence-electron chi connectivity index (χ3n) is 2.37. The van der Waals surface area contributed by atoms with Crippen LogP contribution in [-0.4, -0.2) is 16.3 Å². The Morgan fingerprint density at radius 3 is 2.41 bits per heavy atom. The predicted octanol–water partition coefficient (Wildman–Crippen LogP) is 3.05. The number of alkyl halides is 1. The molecule has 0 aliphatic rings. The van der Waals surface area contributed by atoms with Gasteiger partial charge in [-0.15, -0.1) is 0 Å². The second-order valence-corrected chi connectivity index (χ2v) is 6.66. The smallest absolute Gasteiger partial charge is 0.236 e. The first kappa shape index (κ1) is 14.2. The van der Waals surface area contributed by atoms with Crippen molar-refractivity contribution in [2.45, 2.75) is 37.6 Å². The first-order chi connectivity index (χ1) is 7.79. The molecule has 0 radical (unpaired) electrons. The second-order valence-electron chi connectivity index (χ2n) is 4.68. The Bertz CT molecular complexity index is 383. The summed E-state index contributed by atoms with van der Waals surface area (Å²) in [6, 6.07) is 6.34. The van der Waals surface area contributed by atoms with E-state index in [4.69, 9.17) is 0 Å². The van der Waals surface area contributed by atoms with Gasteiger partial charge in [0.25, 0.3) is 0 Å². The van der Waals surface area contributed by atoms with Gasteiger partial charge in [0.15, 0.2) is 0 Å². The number of carbonyl (C=O) groups is 1. The van der Waals surface area contributed by atoms with Crippen LogP contribution < -0.4 is 5.32 Å². The van der Waals surface area contributed by atoms with Crippen molar-refractivity contribution in [2.75, 3.05) is 0 Å². The lowest BCUT2D eigenvalue weighted by atomic mass is 10.1. The Labute approximate surface area is 110 Å². The van der Waals surface area contributed by atoms with Gasteiger partial charge in [0.1, 0.15) is 5.82 Å². The molecular formula is C13H17BrFNO. The van der Waals surface area contributed by atoms with Gasteiger partial charge in [0.2, 0.25) is 5.91 Å². The van der Waals surface area contributed by atoms with Crippen molar-refractivity contribution in [1.82, 2.24) is 5.32 Å². The van der Waals surface area contributed by atoms with Crippen LogP contribution in [0.4, 0.5) is 4.39 Å². The van der Waals surface area contributed by atoms with Crippen LogP contribution >= 0.6 is 15.9 Å². The Balaban J connectivity index is 2.53. The summed E-state index contributed by atoms with van der Waals surface area (Å²) in [7, 11) is 0. The number of carbonyl (C=O) groups excluding carboxylic acids is 1. The minimum absolute atomic E-state index is 0.0183. The number of benzene rings is 1. The van der Waals surface area contributed by atoms with Crippen LogP contribution in [0, 0.1) is 5.82 Å². The molecule has 4 heteroatoms. The summed E-state index contributed by atoms with van der Waals surface area (Å²) in [4.78, 5) is 11.7. The highest BCUT2D eigenvalue weighted by atomic mass is 79.9. The fraction of sp³-hybridized carbons (Fsp3) is 0.462. The molecule has 0 aliphatic carbocycles. The molecule has 1 aromatic carbocycles. The van der Waals surface area contributed by atoms with E-state index >= 15 is 0 Å². The van der Waals surface area contributed by atoms with Gasteiger partial charge in [-0.1, -0.05) is 28.1 Å². The summed E-state index contributed by atoms with van der Waals surface area (Å²) in [6.07, 6.45) is 0.690. The number of halogens is 2. The molecule has 17 heavy (non-hydrogen) atoms. The van der Waals surface area contributed by atoms with Crippen molar-refractivity contribution < 1.29 is 9.18 Å². The lowest BCUT2D eigenvalue weighted by molar-refractivity contribution is -0.123. The fourth-order valence-electron chi connectivity index (χ4n) is 1.42. The van der Waals surface area contributed by atoms with Gasteiger partial charge in [0.05, 0.1) is 4.32 Å². The molecule has 1 atom stereocenters. The Hall–Kier alpha value is -0.900. The average Bonchev–Trinajstić information content (AvgIpc) is 2.20. The Kier molecular flexibility index (Phi) is 4.69. The van der Waals surface area contributed by atoms with Gasteiger partial charge in [-0.05, 0) is 44.9 Å². The Morgan fingerprint density at radius 2 is 1.94 bits per heavy atom. The SMILES string of the molecule is CC(Cc1ccc(F)cc1)NC(=O)C(C)(C)Br. The highest BCUT2D eigenvalue weighted by molar-refractivity contribution is 9.10. The number of rotatable bonds is 4. The zero-order chi connectivity index (χ0) is 13.1. The summed E-state index contributed by atoms with van der Waals surface area (Å²) >= 11 is 3.31. The van der Waals surface area contributed by atoms with Crippen LogP contribution in [0.3, 0.4) is 0 Å². The van der Waals surface area contributed by atoms with Gasteiger partial charge in [-0.3, -0.25) is 4.79 Å². The van der Waals surface area contributed by atoms with Crippen LogP contribution in [0.15, 0.2) is 24.3 Å². The van der Waals surface area contributed by atoms with Gasteiger partial charge < -0.3 is 5.32 Å². The molecule has 0 saturated heterocycles. The van der Waals surface area contributed by atoms with E-state index in [0.29, 0.717) is 6.42 Å². The fourth-order valence-corrected chi connectivity index (χ4v) is 1.53. The molecule has 0 saturated carbocycles. The van der Waals surface area contributed by atoms with Crippen LogP contribution in [-0.2, 0) is 11.2 Å². The summed E-state index contributed by atoms with van der Waals surface area (Å²) in [5.74, 6) is -0.292. The molecule has 1 amide bonds. The van der Waals surface area contributed by atoms with Crippen LogP contribution in [0.5, 0.6) is 0 Å². The van der Waals surface area contributed by atoms with Gasteiger partial charge >= 0.3 is 0 Å². The summed E-state index contributed by atoms with van der Waals surface area (Å²) in [5, 5.41) is 2.90. The normalized spacial score (nSPS) is 13.2. The number of amides is 1. The standard InChI is InChI=1S/C13H17BrFNO/c1-9(16-12(17)13(2,3)14)8-10-4-6-11(15)7-5-10/h4-7,9H,8H2,1-3H3,(H,16,17). The number of hydrogen-bond acceptors (Lipinski definition) is 1. The van der Waals surface area contributed by atoms with Crippen LogP contribution in [0.1, 0.15) is 26.3 Å². The molecule has 0 spiro atoms. The van der Waals surface area contributed by atoms with E-state index in [9.17, 15) is 9.18 Å². The van der Waals surface area contributed by atoms with E-state index in [1.165, 1.54) is 12.1 Å². The molecule has 0 bridgehead atoms. The van der Waals surface area contributed by atoms with E-state index in [1.54, 1.807) is 26.0 Å². The number of hydrogen-bond donors (Lipinski definition) is 1. The maximum absolute atomic E-state index is 12.7. The molecule has 1 aromatic rings. The highest BCUT2D eigenvalue weighted by Crippen LogP contribution is 2.16.